The van der Waals surface area contributed by atoms with E-state index in [1.165, 1.54) is 6.33 Å². The maximum Gasteiger partial charge on any atom is 0.137 e. The van der Waals surface area contributed by atoms with Crippen molar-refractivity contribution in [1.82, 2.24) is 19.9 Å². The minimum Gasteiger partial charge on any atom is -0.508 e. The third-order valence-corrected chi connectivity index (χ3v) is 4.06. The molecule has 0 bridgehead atoms. The molecular formula is C21H17N5O. The predicted octanol–water partition coefficient (Wildman–Crippen LogP) is 3.98. The van der Waals surface area contributed by atoms with Crippen LogP contribution in [-0.4, -0.2) is 25.0 Å². The predicted molar refractivity (Wildman–Crippen MR) is 103 cm³/mol. The molecule has 1 aromatic carbocycles. The Balaban J connectivity index is 1.75. The minimum absolute atomic E-state index is 0.229. The molecular weight excluding hydrogens is 338 g/mol. The number of aromatic hydroxyl groups is 1. The van der Waals surface area contributed by atoms with Gasteiger partial charge in [0.05, 0.1) is 12.2 Å². The summed E-state index contributed by atoms with van der Waals surface area (Å²) in [4.78, 5) is 19.3. The van der Waals surface area contributed by atoms with Crippen LogP contribution in [0.2, 0.25) is 0 Å². The third-order valence-electron chi connectivity index (χ3n) is 4.06. The van der Waals surface area contributed by atoms with Crippen molar-refractivity contribution in [2.75, 3.05) is 4.90 Å². The summed E-state index contributed by atoms with van der Waals surface area (Å²) in [5.74, 6) is 1.70. The molecule has 6 nitrogen and oxygen atoms in total. The van der Waals surface area contributed by atoms with E-state index in [-0.39, 0.29) is 5.75 Å². The number of phenols is 1. The number of phenolic OH excluding ortho intramolecular Hbond substituents is 1. The number of hydrogen-bond donors (Lipinski definition) is 1. The average Bonchev–Trinajstić information content (AvgIpc) is 2.73. The van der Waals surface area contributed by atoms with Gasteiger partial charge in [0.2, 0.25) is 0 Å². The fourth-order valence-corrected chi connectivity index (χ4v) is 2.81. The van der Waals surface area contributed by atoms with Crippen molar-refractivity contribution in [2.24, 2.45) is 0 Å². The molecule has 0 aliphatic heterocycles. The summed E-state index contributed by atoms with van der Waals surface area (Å²) in [7, 11) is 0. The molecule has 6 heteroatoms. The van der Waals surface area contributed by atoms with Crippen molar-refractivity contribution >= 4 is 11.6 Å². The second kappa shape index (κ2) is 7.61. The highest BCUT2D eigenvalue weighted by atomic mass is 16.3. The molecule has 0 amide bonds. The van der Waals surface area contributed by atoms with Gasteiger partial charge in [0, 0.05) is 24.2 Å². The van der Waals surface area contributed by atoms with E-state index in [2.05, 4.69) is 15.0 Å². The van der Waals surface area contributed by atoms with Crippen molar-refractivity contribution < 1.29 is 5.11 Å². The van der Waals surface area contributed by atoms with Crippen molar-refractivity contribution in [1.29, 1.82) is 0 Å². The molecule has 0 unspecified atom stereocenters. The lowest BCUT2D eigenvalue weighted by molar-refractivity contribution is 0.474. The topological polar surface area (TPSA) is 75.0 Å². The number of benzene rings is 1. The zero-order valence-corrected chi connectivity index (χ0v) is 14.5. The van der Waals surface area contributed by atoms with Crippen LogP contribution in [0, 0.1) is 0 Å². The standard InChI is InChI=1S/C21H17N5O/c27-18-6-1-4-16(12-18)14-26(20-9-11-23-15-24-20)21-8-2-7-19(25-21)17-5-3-10-22-13-17/h1-13,15,27H,14H2. The van der Waals surface area contributed by atoms with Crippen LogP contribution < -0.4 is 4.90 Å². The Bertz CT molecular complexity index is 1020. The molecule has 0 atom stereocenters. The molecule has 4 aromatic rings. The van der Waals surface area contributed by atoms with E-state index < -0.39 is 0 Å². The van der Waals surface area contributed by atoms with E-state index in [0.29, 0.717) is 6.54 Å². The molecule has 27 heavy (non-hydrogen) atoms. The van der Waals surface area contributed by atoms with E-state index in [1.54, 1.807) is 30.7 Å². The van der Waals surface area contributed by atoms with Crippen molar-refractivity contribution in [3.63, 3.8) is 0 Å². The number of rotatable bonds is 5. The number of pyridine rings is 2. The van der Waals surface area contributed by atoms with Crippen LogP contribution in [0.1, 0.15) is 5.56 Å². The van der Waals surface area contributed by atoms with Gasteiger partial charge in [-0.05, 0) is 48.0 Å². The van der Waals surface area contributed by atoms with Crippen LogP contribution in [-0.2, 0) is 6.54 Å². The number of anilines is 2. The average molecular weight is 355 g/mol. The number of nitrogens with zero attached hydrogens (tertiary/aromatic N) is 5. The molecule has 0 aliphatic rings. The maximum atomic E-state index is 9.79. The zero-order chi connectivity index (χ0) is 18.5. The highest BCUT2D eigenvalue weighted by molar-refractivity contribution is 5.63. The Hall–Kier alpha value is -3.80. The van der Waals surface area contributed by atoms with E-state index in [1.807, 2.05) is 53.4 Å². The summed E-state index contributed by atoms with van der Waals surface area (Å²) in [5, 5.41) is 9.79. The molecule has 3 heterocycles. The van der Waals surface area contributed by atoms with E-state index in [9.17, 15) is 5.11 Å². The summed E-state index contributed by atoms with van der Waals surface area (Å²) < 4.78 is 0. The van der Waals surface area contributed by atoms with Gasteiger partial charge in [-0.1, -0.05) is 18.2 Å². The van der Waals surface area contributed by atoms with E-state index in [4.69, 9.17) is 4.98 Å². The van der Waals surface area contributed by atoms with Crippen LogP contribution in [0.4, 0.5) is 11.6 Å². The second-order valence-electron chi connectivity index (χ2n) is 5.95. The van der Waals surface area contributed by atoms with Crippen LogP contribution in [0.25, 0.3) is 11.3 Å². The lowest BCUT2D eigenvalue weighted by Crippen LogP contribution is -2.19. The van der Waals surface area contributed by atoms with E-state index >= 15 is 0 Å². The van der Waals surface area contributed by atoms with Crippen molar-refractivity contribution in [3.8, 4) is 17.0 Å². The lowest BCUT2D eigenvalue weighted by Gasteiger charge is -2.23. The second-order valence-corrected chi connectivity index (χ2v) is 5.95. The largest absolute Gasteiger partial charge is 0.508 e. The molecule has 0 saturated heterocycles. The smallest absolute Gasteiger partial charge is 0.137 e. The van der Waals surface area contributed by atoms with Crippen LogP contribution in [0.3, 0.4) is 0 Å². The molecule has 0 aliphatic carbocycles. The lowest BCUT2D eigenvalue weighted by atomic mass is 10.2. The summed E-state index contributed by atoms with van der Waals surface area (Å²) in [6.45, 7) is 0.509. The normalized spacial score (nSPS) is 10.5. The van der Waals surface area contributed by atoms with Gasteiger partial charge in [-0.25, -0.2) is 15.0 Å². The first kappa shape index (κ1) is 16.7. The Morgan fingerprint density at radius 2 is 1.78 bits per heavy atom. The van der Waals surface area contributed by atoms with Gasteiger partial charge in [-0.15, -0.1) is 0 Å². The Kier molecular flexibility index (Phi) is 4.70. The summed E-state index contributed by atoms with van der Waals surface area (Å²) in [6.07, 6.45) is 6.73. The SMILES string of the molecule is Oc1cccc(CN(c2ccncn2)c2cccc(-c3cccnc3)n2)c1. The quantitative estimate of drug-likeness (QED) is 0.584. The molecule has 0 saturated carbocycles. The third kappa shape index (κ3) is 3.90. The monoisotopic (exact) mass is 355 g/mol. The van der Waals surface area contributed by atoms with Gasteiger partial charge < -0.3 is 10.0 Å². The van der Waals surface area contributed by atoms with Gasteiger partial charge in [-0.3, -0.25) is 4.98 Å². The highest BCUT2D eigenvalue weighted by Gasteiger charge is 2.14. The Morgan fingerprint density at radius 1 is 0.852 bits per heavy atom. The van der Waals surface area contributed by atoms with Crippen LogP contribution >= 0.6 is 0 Å². The van der Waals surface area contributed by atoms with Gasteiger partial charge in [0.25, 0.3) is 0 Å². The molecule has 1 N–H and O–H groups in total. The van der Waals surface area contributed by atoms with Gasteiger partial charge in [-0.2, -0.15) is 0 Å². The first-order chi connectivity index (χ1) is 13.3. The Labute approximate surface area is 156 Å². The summed E-state index contributed by atoms with van der Waals surface area (Å²) >= 11 is 0. The van der Waals surface area contributed by atoms with Crippen LogP contribution in [0.5, 0.6) is 5.75 Å². The van der Waals surface area contributed by atoms with Gasteiger partial charge >= 0.3 is 0 Å². The highest BCUT2D eigenvalue weighted by Crippen LogP contribution is 2.27. The molecule has 0 radical (unpaired) electrons. The van der Waals surface area contributed by atoms with E-state index in [0.717, 1.165) is 28.5 Å². The maximum absolute atomic E-state index is 9.79. The fourth-order valence-electron chi connectivity index (χ4n) is 2.81. The minimum atomic E-state index is 0.229. The van der Waals surface area contributed by atoms with Crippen molar-refractivity contribution in [3.05, 3.63) is 91.1 Å². The molecule has 132 valence electrons. The van der Waals surface area contributed by atoms with Gasteiger partial charge in [0.15, 0.2) is 0 Å². The van der Waals surface area contributed by atoms with Crippen LogP contribution in [0.15, 0.2) is 85.6 Å². The van der Waals surface area contributed by atoms with Crippen molar-refractivity contribution in [2.45, 2.75) is 6.54 Å². The zero-order valence-electron chi connectivity index (χ0n) is 14.5. The number of hydrogen-bond acceptors (Lipinski definition) is 6. The summed E-state index contributed by atoms with van der Waals surface area (Å²) in [5.41, 5.74) is 2.72. The molecule has 0 spiro atoms. The molecule has 4 rings (SSSR count). The number of aromatic nitrogens is 4. The fraction of sp³-hybridized carbons (Fsp3) is 0.0476. The Morgan fingerprint density at radius 3 is 2.56 bits per heavy atom. The molecule has 0 fully saturated rings. The first-order valence-electron chi connectivity index (χ1n) is 8.48. The first-order valence-corrected chi connectivity index (χ1v) is 8.48. The van der Waals surface area contributed by atoms with Gasteiger partial charge in [0.1, 0.15) is 23.7 Å². The summed E-state index contributed by atoms with van der Waals surface area (Å²) in [6, 6.07) is 18.7. The molecule has 3 aromatic heterocycles.